The first-order valence-corrected chi connectivity index (χ1v) is 6.05. The number of ketones is 2. The Bertz CT molecular complexity index is 716. The Labute approximate surface area is 122 Å². The minimum Gasteiger partial charge on any atom is -0.289 e. The lowest BCUT2D eigenvalue weighted by molar-refractivity contribution is 0.101. The van der Waals surface area contributed by atoms with Gasteiger partial charge in [-0.25, -0.2) is 17.6 Å². The van der Waals surface area contributed by atoms with E-state index in [1.807, 2.05) is 0 Å². The van der Waals surface area contributed by atoms with E-state index >= 15 is 0 Å². The van der Waals surface area contributed by atoms with E-state index in [4.69, 9.17) is 0 Å². The van der Waals surface area contributed by atoms with E-state index in [1.165, 1.54) is 0 Å². The molecule has 0 aliphatic carbocycles. The van der Waals surface area contributed by atoms with Crippen LogP contribution >= 0.6 is 0 Å². The largest absolute Gasteiger partial charge is 0.289 e. The molecule has 0 bridgehead atoms. The van der Waals surface area contributed by atoms with Crippen molar-refractivity contribution in [2.75, 3.05) is 0 Å². The highest BCUT2D eigenvalue weighted by Crippen LogP contribution is 2.13. The van der Waals surface area contributed by atoms with E-state index in [1.54, 1.807) is 0 Å². The molecule has 0 aliphatic heterocycles. The molecule has 2 aromatic rings. The van der Waals surface area contributed by atoms with E-state index < -0.39 is 46.0 Å². The summed E-state index contributed by atoms with van der Waals surface area (Å²) in [5, 5.41) is 0. The van der Waals surface area contributed by atoms with E-state index in [9.17, 15) is 27.2 Å². The monoisotopic (exact) mass is 308 g/mol. The number of carbonyl (C=O) groups is 2. The molecule has 22 heavy (non-hydrogen) atoms. The number of benzene rings is 2. The van der Waals surface area contributed by atoms with Crippen molar-refractivity contribution in [2.24, 2.45) is 0 Å². The van der Waals surface area contributed by atoms with Crippen molar-refractivity contribution in [3.8, 4) is 0 Å². The summed E-state index contributed by atoms with van der Waals surface area (Å²) in [6.45, 7) is 0. The van der Waals surface area contributed by atoms with Crippen molar-refractivity contribution >= 4 is 11.6 Å². The topological polar surface area (TPSA) is 34.1 Å². The van der Waals surface area contributed by atoms with Gasteiger partial charge in [0.2, 0.25) is 0 Å². The highest BCUT2D eigenvalue weighted by molar-refractivity contribution is 6.12. The molecule has 2 aromatic carbocycles. The van der Waals surface area contributed by atoms with Gasteiger partial charge in [-0.15, -0.1) is 0 Å². The van der Waals surface area contributed by atoms with Gasteiger partial charge in [0.15, 0.2) is 11.6 Å². The van der Waals surface area contributed by atoms with Crippen LogP contribution in [0.1, 0.15) is 20.7 Å². The van der Waals surface area contributed by atoms with Crippen LogP contribution in [-0.4, -0.2) is 11.6 Å². The van der Waals surface area contributed by atoms with Crippen LogP contribution in [0.5, 0.6) is 0 Å². The first-order chi connectivity index (χ1) is 10.4. The second-order valence-corrected chi connectivity index (χ2v) is 4.31. The fraction of sp³-hybridized carbons (Fsp3) is 0. The highest BCUT2D eigenvalue weighted by atomic mass is 19.1. The number of carbonyl (C=O) groups excluding carboxylic acids is 2. The van der Waals surface area contributed by atoms with Crippen molar-refractivity contribution in [2.45, 2.75) is 0 Å². The lowest BCUT2D eigenvalue weighted by Gasteiger charge is -2.00. The second-order valence-electron chi connectivity index (χ2n) is 4.31. The van der Waals surface area contributed by atoms with Gasteiger partial charge in [-0.1, -0.05) is 0 Å². The zero-order valence-electron chi connectivity index (χ0n) is 10.9. The van der Waals surface area contributed by atoms with Crippen molar-refractivity contribution in [1.82, 2.24) is 0 Å². The Morgan fingerprint density at radius 3 is 1.36 bits per heavy atom. The molecule has 0 N–H and O–H groups in total. The summed E-state index contributed by atoms with van der Waals surface area (Å²) in [5.41, 5.74) is -0.852. The molecule has 0 atom stereocenters. The maximum atomic E-state index is 13.4. The molecule has 2 nitrogen and oxygen atoms in total. The van der Waals surface area contributed by atoms with Crippen LogP contribution < -0.4 is 0 Å². The van der Waals surface area contributed by atoms with E-state index in [0.29, 0.717) is 12.1 Å². The number of hydrogen-bond acceptors (Lipinski definition) is 2. The summed E-state index contributed by atoms with van der Waals surface area (Å²) in [5.74, 6) is -5.60. The standard InChI is InChI=1S/C16H8F4O2/c17-9-1-3-11(13(19)7-9)15(21)5-6-16(22)12-4-2-10(18)8-14(12)20/h1-8H. The van der Waals surface area contributed by atoms with Gasteiger partial charge in [-0.2, -0.15) is 0 Å². The van der Waals surface area contributed by atoms with Gasteiger partial charge in [0.25, 0.3) is 0 Å². The van der Waals surface area contributed by atoms with Crippen LogP contribution in [0, 0.1) is 23.3 Å². The first-order valence-electron chi connectivity index (χ1n) is 6.05. The van der Waals surface area contributed by atoms with Gasteiger partial charge in [-0.05, 0) is 36.4 Å². The van der Waals surface area contributed by atoms with Crippen LogP contribution in [0.15, 0.2) is 48.6 Å². The normalized spacial score (nSPS) is 10.9. The van der Waals surface area contributed by atoms with Crippen LogP contribution in [0.3, 0.4) is 0 Å². The maximum Gasteiger partial charge on any atom is 0.188 e. The molecule has 2 rings (SSSR count). The third kappa shape index (κ3) is 3.46. The summed E-state index contributed by atoms with van der Waals surface area (Å²) in [7, 11) is 0. The van der Waals surface area contributed by atoms with Gasteiger partial charge in [0.1, 0.15) is 23.3 Å². The first kappa shape index (κ1) is 15.6. The molecule has 0 fully saturated rings. The average Bonchev–Trinajstić information content (AvgIpc) is 2.44. The third-order valence-corrected chi connectivity index (χ3v) is 2.78. The summed E-state index contributed by atoms with van der Waals surface area (Å²) in [4.78, 5) is 23.4. The summed E-state index contributed by atoms with van der Waals surface area (Å²) < 4.78 is 52.2. The minimum absolute atomic E-state index is 0.426. The average molecular weight is 308 g/mol. The Morgan fingerprint density at radius 2 is 1.05 bits per heavy atom. The zero-order chi connectivity index (χ0) is 16.3. The minimum atomic E-state index is -1.07. The Hall–Kier alpha value is -2.76. The molecule has 0 spiro atoms. The fourth-order valence-electron chi connectivity index (χ4n) is 1.71. The summed E-state index contributed by atoms with van der Waals surface area (Å²) in [6, 6.07) is 4.71. The molecule has 0 aromatic heterocycles. The summed E-state index contributed by atoms with van der Waals surface area (Å²) >= 11 is 0. The molecule has 0 unspecified atom stereocenters. The molecule has 0 saturated heterocycles. The SMILES string of the molecule is O=C(C=CC(=O)c1ccc(F)cc1F)c1ccc(F)cc1F. The highest BCUT2D eigenvalue weighted by Gasteiger charge is 2.13. The van der Waals surface area contributed by atoms with Gasteiger partial charge >= 0.3 is 0 Å². The lowest BCUT2D eigenvalue weighted by Crippen LogP contribution is -2.03. The number of allylic oxidation sites excluding steroid dienone is 2. The van der Waals surface area contributed by atoms with Crippen LogP contribution in [0.4, 0.5) is 17.6 Å². The number of halogens is 4. The van der Waals surface area contributed by atoms with E-state index in [2.05, 4.69) is 0 Å². The molecule has 0 amide bonds. The molecule has 0 aliphatic rings. The predicted octanol–water partition coefficient (Wildman–Crippen LogP) is 3.86. The van der Waals surface area contributed by atoms with Crippen molar-refractivity contribution in [3.05, 3.63) is 82.9 Å². The molecular weight excluding hydrogens is 300 g/mol. The molecule has 0 saturated carbocycles. The van der Waals surface area contributed by atoms with Crippen molar-refractivity contribution < 1.29 is 27.2 Å². The fourth-order valence-corrected chi connectivity index (χ4v) is 1.71. The second kappa shape index (κ2) is 6.34. The smallest absolute Gasteiger partial charge is 0.188 e. The van der Waals surface area contributed by atoms with E-state index in [-0.39, 0.29) is 0 Å². The van der Waals surface area contributed by atoms with E-state index in [0.717, 1.165) is 36.4 Å². The molecule has 112 valence electrons. The van der Waals surface area contributed by atoms with Gasteiger partial charge < -0.3 is 0 Å². The molecule has 6 heteroatoms. The van der Waals surface area contributed by atoms with Crippen molar-refractivity contribution in [1.29, 1.82) is 0 Å². The molecule has 0 heterocycles. The van der Waals surface area contributed by atoms with Gasteiger partial charge in [0, 0.05) is 12.1 Å². The predicted molar refractivity (Wildman–Crippen MR) is 70.5 cm³/mol. The lowest BCUT2D eigenvalue weighted by atomic mass is 10.1. The number of rotatable bonds is 4. The maximum absolute atomic E-state index is 13.4. The zero-order valence-corrected chi connectivity index (χ0v) is 10.9. The third-order valence-electron chi connectivity index (χ3n) is 2.78. The van der Waals surface area contributed by atoms with Gasteiger partial charge in [0.05, 0.1) is 11.1 Å². The Kier molecular flexibility index (Phi) is 4.50. The van der Waals surface area contributed by atoms with Crippen LogP contribution in [0.25, 0.3) is 0 Å². The number of hydrogen-bond donors (Lipinski definition) is 0. The molecular formula is C16H8F4O2. The van der Waals surface area contributed by atoms with Gasteiger partial charge in [-0.3, -0.25) is 9.59 Å². The summed E-state index contributed by atoms with van der Waals surface area (Å²) in [6.07, 6.45) is 1.48. The molecule has 0 radical (unpaired) electrons. The van der Waals surface area contributed by atoms with Crippen molar-refractivity contribution in [3.63, 3.8) is 0 Å². The Morgan fingerprint density at radius 1 is 0.682 bits per heavy atom. The Balaban J connectivity index is 2.20. The van der Waals surface area contributed by atoms with Crippen LogP contribution in [0.2, 0.25) is 0 Å². The quantitative estimate of drug-likeness (QED) is 0.488. The van der Waals surface area contributed by atoms with Crippen LogP contribution in [-0.2, 0) is 0 Å².